The molecule has 0 amide bonds. The topological polar surface area (TPSA) is 111 Å². The van der Waals surface area contributed by atoms with E-state index in [9.17, 15) is 23.5 Å². The van der Waals surface area contributed by atoms with Crippen LogP contribution in [0, 0.1) is 17.2 Å². The van der Waals surface area contributed by atoms with Gasteiger partial charge in [0.05, 0.1) is 29.1 Å². The number of aliphatic hydroxyl groups excluding tert-OH is 1. The van der Waals surface area contributed by atoms with Crippen LogP contribution in [0.2, 0.25) is 0 Å². The minimum Gasteiger partial charge on any atom is -0.393 e. The Labute approximate surface area is 176 Å². The Morgan fingerprint density at radius 2 is 1.97 bits per heavy atom. The first-order chi connectivity index (χ1) is 14.8. The molecule has 3 aromatic rings. The number of halogens is 3. The zero-order valence-electron chi connectivity index (χ0n) is 16.7. The Morgan fingerprint density at radius 3 is 2.65 bits per heavy atom. The van der Waals surface area contributed by atoms with E-state index in [0.717, 1.165) is 37.9 Å². The van der Waals surface area contributed by atoms with Crippen LogP contribution in [0.4, 0.5) is 19.1 Å². The number of nitrogens with zero attached hydrogens (tertiary/aromatic N) is 4. The molecule has 1 fully saturated rings. The number of fused-ring (bicyclic) bond motifs is 1. The Kier molecular flexibility index (Phi) is 5.54. The molecule has 0 bridgehead atoms. The third-order valence-electron chi connectivity index (χ3n) is 5.83. The van der Waals surface area contributed by atoms with Crippen molar-refractivity contribution in [3.8, 4) is 17.3 Å². The predicted octanol–water partition coefficient (Wildman–Crippen LogP) is 4.26. The van der Waals surface area contributed by atoms with Gasteiger partial charge in [0.25, 0.3) is 0 Å². The van der Waals surface area contributed by atoms with Gasteiger partial charge in [-0.05, 0) is 44.6 Å². The Hall–Kier alpha value is -3.19. The molecule has 1 aliphatic rings. The van der Waals surface area contributed by atoms with Gasteiger partial charge >= 0.3 is 6.18 Å². The van der Waals surface area contributed by atoms with Gasteiger partial charge in [0.15, 0.2) is 0 Å². The summed E-state index contributed by atoms with van der Waals surface area (Å²) < 4.78 is 39.5. The van der Waals surface area contributed by atoms with Crippen LogP contribution in [-0.4, -0.2) is 37.2 Å². The number of alkyl halides is 3. The molecule has 1 saturated carbocycles. The highest BCUT2D eigenvalue weighted by atomic mass is 19.4. The number of rotatable bonds is 4. The van der Waals surface area contributed by atoms with Crippen molar-refractivity contribution in [3.05, 3.63) is 35.8 Å². The van der Waals surface area contributed by atoms with E-state index in [2.05, 4.69) is 25.3 Å². The second kappa shape index (κ2) is 8.15. The van der Waals surface area contributed by atoms with Crippen LogP contribution in [0.15, 0.2) is 24.7 Å². The van der Waals surface area contributed by atoms with E-state index >= 15 is 0 Å². The van der Waals surface area contributed by atoms with Crippen LogP contribution >= 0.6 is 0 Å². The summed E-state index contributed by atoms with van der Waals surface area (Å²) >= 11 is 0. The largest absolute Gasteiger partial charge is 0.417 e. The summed E-state index contributed by atoms with van der Waals surface area (Å²) in [6.45, 7) is 2.01. The lowest BCUT2D eigenvalue weighted by molar-refractivity contribution is -0.137. The zero-order valence-corrected chi connectivity index (χ0v) is 16.7. The highest BCUT2D eigenvalue weighted by Crippen LogP contribution is 2.35. The molecular formula is C21H21F3N6O. The van der Waals surface area contributed by atoms with Crippen molar-refractivity contribution in [2.24, 2.45) is 5.92 Å². The van der Waals surface area contributed by atoms with Gasteiger partial charge in [-0.2, -0.15) is 18.4 Å². The maximum absolute atomic E-state index is 13.2. The standard InChI is InChI=1S/C21H21F3N6O/c1-11(12-2-4-15(31)5-3-12)29-20-28-8-13(7-25)18(30-20)17-10-27-19-16(17)6-14(9-26-19)21(22,23)24/h6,8-12,15,31H,2-5H2,1H3,(H,26,27)(H,28,29,30)/t11-,12?,15?/m1/s1. The fourth-order valence-electron chi connectivity index (χ4n) is 4.02. The lowest BCUT2D eigenvalue weighted by atomic mass is 9.83. The van der Waals surface area contributed by atoms with E-state index in [-0.39, 0.29) is 34.4 Å². The number of hydrogen-bond acceptors (Lipinski definition) is 6. The Balaban J connectivity index is 1.68. The van der Waals surface area contributed by atoms with Crippen LogP contribution in [0.3, 0.4) is 0 Å². The lowest BCUT2D eigenvalue weighted by Crippen LogP contribution is -2.31. The predicted molar refractivity (Wildman–Crippen MR) is 108 cm³/mol. The van der Waals surface area contributed by atoms with Crippen molar-refractivity contribution in [1.29, 1.82) is 5.26 Å². The van der Waals surface area contributed by atoms with Crippen molar-refractivity contribution in [2.45, 2.75) is 50.9 Å². The van der Waals surface area contributed by atoms with Gasteiger partial charge in [-0.15, -0.1) is 0 Å². The number of pyridine rings is 1. The molecule has 0 aliphatic heterocycles. The molecule has 31 heavy (non-hydrogen) atoms. The smallest absolute Gasteiger partial charge is 0.393 e. The minimum atomic E-state index is -4.53. The summed E-state index contributed by atoms with van der Waals surface area (Å²) in [4.78, 5) is 15.4. The van der Waals surface area contributed by atoms with Gasteiger partial charge in [-0.3, -0.25) is 0 Å². The van der Waals surface area contributed by atoms with Gasteiger partial charge in [0, 0.05) is 29.4 Å². The normalized spacial score (nSPS) is 20.4. The Bertz CT molecular complexity index is 1130. The maximum Gasteiger partial charge on any atom is 0.417 e. The first-order valence-corrected chi connectivity index (χ1v) is 10.0. The molecule has 0 unspecified atom stereocenters. The first kappa shape index (κ1) is 21.1. The van der Waals surface area contributed by atoms with E-state index in [0.29, 0.717) is 17.4 Å². The molecule has 162 valence electrons. The SMILES string of the molecule is C[C@@H](Nc1ncc(C#N)c(-c2c[nH]c3ncc(C(F)(F)F)cc23)n1)C1CCC(O)CC1. The second-order valence-corrected chi connectivity index (χ2v) is 7.89. The van der Waals surface area contributed by atoms with Gasteiger partial charge < -0.3 is 15.4 Å². The summed E-state index contributed by atoms with van der Waals surface area (Å²) in [5.74, 6) is 0.639. The second-order valence-electron chi connectivity index (χ2n) is 7.89. The molecule has 0 aromatic carbocycles. The fourth-order valence-corrected chi connectivity index (χ4v) is 4.02. The number of hydrogen-bond donors (Lipinski definition) is 3. The van der Waals surface area contributed by atoms with Crippen molar-refractivity contribution >= 4 is 17.0 Å². The third kappa shape index (κ3) is 4.32. The monoisotopic (exact) mass is 430 g/mol. The van der Waals surface area contributed by atoms with Crippen LogP contribution in [-0.2, 0) is 6.18 Å². The molecule has 3 N–H and O–H groups in total. The number of aromatic amines is 1. The molecule has 0 radical (unpaired) electrons. The van der Waals surface area contributed by atoms with E-state index in [1.54, 1.807) is 0 Å². The van der Waals surface area contributed by atoms with Gasteiger partial charge in [-0.25, -0.2) is 15.0 Å². The van der Waals surface area contributed by atoms with Crippen molar-refractivity contribution in [2.75, 3.05) is 5.32 Å². The average Bonchev–Trinajstić information content (AvgIpc) is 3.16. The molecule has 3 heterocycles. The number of aromatic nitrogens is 4. The number of nitrogens with one attached hydrogen (secondary N) is 2. The highest BCUT2D eigenvalue weighted by Gasteiger charge is 2.32. The van der Waals surface area contributed by atoms with Crippen LogP contribution < -0.4 is 5.32 Å². The van der Waals surface area contributed by atoms with Crippen LogP contribution in [0.5, 0.6) is 0 Å². The van der Waals surface area contributed by atoms with Crippen LogP contribution in [0.1, 0.15) is 43.7 Å². The van der Waals surface area contributed by atoms with Gasteiger partial charge in [-0.1, -0.05) is 0 Å². The lowest BCUT2D eigenvalue weighted by Gasteiger charge is -2.30. The molecule has 7 nitrogen and oxygen atoms in total. The number of anilines is 1. The van der Waals surface area contributed by atoms with E-state index in [1.807, 2.05) is 13.0 Å². The Morgan fingerprint density at radius 1 is 1.23 bits per heavy atom. The summed E-state index contributed by atoms with van der Waals surface area (Å²) in [5, 5.41) is 22.7. The minimum absolute atomic E-state index is 0.0368. The maximum atomic E-state index is 13.2. The first-order valence-electron chi connectivity index (χ1n) is 10.0. The summed E-state index contributed by atoms with van der Waals surface area (Å²) in [7, 11) is 0. The van der Waals surface area contributed by atoms with Crippen molar-refractivity contribution in [1.82, 2.24) is 19.9 Å². The average molecular weight is 430 g/mol. The number of H-pyrrole nitrogens is 1. The van der Waals surface area contributed by atoms with E-state index in [1.165, 1.54) is 12.4 Å². The van der Waals surface area contributed by atoms with Gasteiger partial charge in [0.1, 0.15) is 11.7 Å². The fraction of sp³-hybridized carbons (Fsp3) is 0.429. The number of nitriles is 1. The molecule has 1 atom stereocenters. The molecule has 0 saturated heterocycles. The van der Waals surface area contributed by atoms with E-state index in [4.69, 9.17) is 0 Å². The summed E-state index contributed by atoms with van der Waals surface area (Å²) in [5.41, 5.74) is 0.133. The van der Waals surface area contributed by atoms with Gasteiger partial charge in [0.2, 0.25) is 5.95 Å². The number of aliphatic hydroxyl groups is 1. The molecular weight excluding hydrogens is 409 g/mol. The quantitative estimate of drug-likeness (QED) is 0.570. The van der Waals surface area contributed by atoms with Crippen LogP contribution in [0.25, 0.3) is 22.3 Å². The molecule has 3 aromatic heterocycles. The zero-order chi connectivity index (χ0) is 22.2. The van der Waals surface area contributed by atoms with Crippen molar-refractivity contribution in [3.63, 3.8) is 0 Å². The third-order valence-corrected chi connectivity index (χ3v) is 5.83. The summed E-state index contributed by atoms with van der Waals surface area (Å²) in [6, 6.07) is 3.04. The summed E-state index contributed by atoms with van der Waals surface area (Å²) in [6.07, 6.45) is 2.11. The molecule has 4 rings (SSSR count). The molecule has 10 heteroatoms. The van der Waals surface area contributed by atoms with Crippen molar-refractivity contribution < 1.29 is 18.3 Å². The molecule has 0 spiro atoms. The van der Waals surface area contributed by atoms with E-state index < -0.39 is 11.7 Å². The molecule has 1 aliphatic carbocycles. The highest BCUT2D eigenvalue weighted by molar-refractivity contribution is 5.94.